The van der Waals surface area contributed by atoms with Gasteiger partial charge in [0.15, 0.2) is 29.3 Å². The summed E-state index contributed by atoms with van der Waals surface area (Å²) in [5.41, 5.74) is 5.43. The minimum Gasteiger partial charge on any atom is -0.493 e. The molecule has 0 radical (unpaired) electrons. The van der Waals surface area contributed by atoms with Crippen molar-refractivity contribution >= 4 is 5.52 Å². The number of rotatable bonds is 8. The molecule has 0 saturated heterocycles. The highest BCUT2D eigenvalue weighted by Gasteiger charge is 2.54. The summed E-state index contributed by atoms with van der Waals surface area (Å²) in [6.45, 7) is 8.39. The molecule has 1 unspecified atom stereocenters. The third-order valence-electron chi connectivity index (χ3n) is 9.31. The van der Waals surface area contributed by atoms with Crippen LogP contribution in [-0.2, 0) is 13.1 Å². The molecular formula is C32H39FN8O3. The minimum atomic E-state index is -0.818. The van der Waals surface area contributed by atoms with Crippen LogP contribution in [-0.4, -0.2) is 66.7 Å². The van der Waals surface area contributed by atoms with E-state index >= 15 is 0 Å². The first kappa shape index (κ1) is 29.8. The Hall–Kier alpha value is -4.21. The number of nitriles is 1. The standard InChI is InChI=1S/C30H33FN8O3.C2H6/c1-18-24-15-37(22-10-30(11-22)8-21(9-30)34-17-32)5-6-38(24)36-28(18)19-7-25(29-26(41-2)13-35-39(29)14-19)42-27(16-40)23-4-3-20(31)12-33-23;1-2/h3-4,7,12-14,21-22,27,34,40H,5-6,8-11,15-16H2,1-2H3;1-2H3. The van der Waals surface area contributed by atoms with E-state index in [2.05, 4.69) is 38.1 Å². The quantitative estimate of drug-likeness (QED) is 0.223. The molecular weight excluding hydrogens is 563 g/mol. The molecule has 12 heteroatoms. The van der Waals surface area contributed by atoms with Gasteiger partial charge in [-0.3, -0.25) is 14.6 Å². The Balaban J connectivity index is 0.00000168. The van der Waals surface area contributed by atoms with E-state index in [-0.39, 0.29) is 6.61 Å². The second kappa shape index (κ2) is 12.1. The highest BCUT2D eigenvalue weighted by Crippen LogP contribution is 2.57. The van der Waals surface area contributed by atoms with Gasteiger partial charge in [-0.2, -0.15) is 15.5 Å². The Labute approximate surface area is 256 Å². The van der Waals surface area contributed by atoms with Crippen molar-refractivity contribution in [3.63, 3.8) is 0 Å². The van der Waals surface area contributed by atoms with E-state index < -0.39 is 11.9 Å². The number of aliphatic hydroxyl groups excluding tert-OH is 1. The second-order valence-electron chi connectivity index (χ2n) is 11.8. The van der Waals surface area contributed by atoms with Crippen LogP contribution < -0.4 is 14.8 Å². The number of hydrogen-bond donors (Lipinski definition) is 2. The van der Waals surface area contributed by atoms with Gasteiger partial charge in [-0.15, -0.1) is 0 Å². The average Bonchev–Trinajstić information content (AvgIpc) is 3.58. The molecule has 1 spiro atoms. The number of hydrogen-bond acceptors (Lipinski definition) is 9. The van der Waals surface area contributed by atoms with Crippen LogP contribution in [0.25, 0.3) is 16.8 Å². The molecule has 2 saturated carbocycles. The van der Waals surface area contributed by atoms with Gasteiger partial charge < -0.3 is 19.9 Å². The van der Waals surface area contributed by atoms with Crippen molar-refractivity contribution in [2.45, 2.75) is 77.7 Å². The Morgan fingerprint density at radius 1 is 1.18 bits per heavy atom. The molecule has 232 valence electrons. The van der Waals surface area contributed by atoms with E-state index in [1.165, 1.54) is 30.7 Å². The summed E-state index contributed by atoms with van der Waals surface area (Å²) in [5, 5.41) is 31.4. The number of halogens is 1. The summed E-state index contributed by atoms with van der Waals surface area (Å²) in [4.78, 5) is 6.69. The third-order valence-corrected chi connectivity index (χ3v) is 9.31. The second-order valence-corrected chi connectivity index (χ2v) is 11.8. The number of nitrogens with zero attached hydrogens (tertiary/aromatic N) is 7. The Morgan fingerprint density at radius 2 is 1.98 bits per heavy atom. The summed E-state index contributed by atoms with van der Waals surface area (Å²) < 4.78 is 29.1. The lowest BCUT2D eigenvalue weighted by Crippen LogP contribution is -2.60. The van der Waals surface area contributed by atoms with Crippen molar-refractivity contribution in [3.05, 3.63) is 59.6 Å². The lowest BCUT2D eigenvalue weighted by molar-refractivity contribution is -0.0774. The maximum Gasteiger partial charge on any atom is 0.176 e. The first-order valence-electron chi connectivity index (χ1n) is 15.3. The highest BCUT2D eigenvalue weighted by molar-refractivity contribution is 5.75. The van der Waals surface area contributed by atoms with Crippen LogP contribution in [0.15, 0.2) is 36.8 Å². The minimum absolute atomic E-state index is 0.350. The van der Waals surface area contributed by atoms with E-state index in [1.54, 1.807) is 17.8 Å². The van der Waals surface area contributed by atoms with Crippen LogP contribution in [0.4, 0.5) is 4.39 Å². The maximum absolute atomic E-state index is 13.5. The summed E-state index contributed by atoms with van der Waals surface area (Å²) >= 11 is 0. The van der Waals surface area contributed by atoms with Gasteiger partial charge in [0, 0.05) is 36.9 Å². The number of nitrogens with one attached hydrogen (secondary N) is 1. The topological polar surface area (TPSA) is 126 Å². The predicted molar refractivity (Wildman–Crippen MR) is 161 cm³/mol. The van der Waals surface area contributed by atoms with Gasteiger partial charge in [0.1, 0.15) is 5.82 Å². The lowest BCUT2D eigenvalue weighted by Gasteiger charge is -2.60. The zero-order chi connectivity index (χ0) is 31.0. The Bertz CT molecular complexity index is 1660. The molecule has 1 aliphatic heterocycles. The summed E-state index contributed by atoms with van der Waals surface area (Å²) in [5.74, 6) is 0.510. The van der Waals surface area contributed by atoms with Gasteiger partial charge in [0.2, 0.25) is 0 Å². The van der Waals surface area contributed by atoms with Crippen LogP contribution >= 0.6 is 0 Å². The van der Waals surface area contributed by atoms with Crippen LogP contribution in [0.1, 0.15) is 62.6 Å². The molecule has 2 aliphatic carbocycles. The smallest absolute Gasteiger partial charge is 0.176 e. The Morgan fingerprint density at radius 3 is 2.66 bits per heavy atom. The lowest BCUT2D eigenvalue weighted by atomic mass is 9.51. The van der Waals surface area contributed by atoms with E-state index in [0.717, 1.165) is 55.5 Å². The fourth-order valence-corrected chi connectivity index (χ4v) is 7.11. The maximum atomic E-state index is 13.5. The fraction of sp³-hybridized carbons (Fsp3) is 0.500. The van der Waals surface area contributed by atoms with E-state index in [1.807, 2.05) is 26.1 Å². The number of pyridine rings is 2. The van der Waals surface area contributed by atoms with Crippen molar-refractivity contribution in [2.24, 2.45) is 5.41 Å². The predicted octanol–water partition coefficient (Wildman–Crippen LogP) is 4.39. The molecule has 2 fully saturated rings. The van der Waals surface area contributed by atoms with Gasteiger partial charge in [-0.05, 0) is 61.8 Å². The molecule has 1 atom stereocenters. The van der Waals surface area contributed by atoms with Crippen molar-refractivity contribution in [3.8, 4) is 28.9 Å². The molecule has 4 aromatic rings. The van der Waals surface area contributed by atoms with Gasteiger partial charge in [-0.25, -0.2) is 8.91 Å². The fourth-order valence-electron chi connectivity index (χ4n) is 7.11. The largest absolute Gasteiger partial charge is 0.493 e. The first-order valence-corrected chi connectivity index (χ1v) is 15.3. The molecule has 0 amide bonds. The molecule has 4 aromatic heterocycles. The number of methoxy groups -OCH3 is 1. The van der Waals surface area contributed by atoms with Crippen molar-refractivity contribution in [2.75, 3.05) is 20.3 Å². The molecule has 5 heterocycles. The monoisotopic (exact) mass is 602 g/mol. The van der Waals surface area contributed by atoms with Gasteiger partial charge in [-0.1, -0.05) is 13.8 Å². The third kappa shape index (κ3) is 5.24. The Kier molecular flexibility index (Phi) is 8.18. The van der Waals surface area contributed by atoms with Gasteiger partial charge >= 0.3 is 0 Å². The van der Waals surface area contributed by atoms with Crippen LogP contribution in [0.5, 0.6) is 11.5 Å². The number of ether oxygens (including phenoxy) is 2. The summed E-state index contributed by atoms with van der Waals surface area (Å²) in [6.07, 6.45) is 10.5. The van der Waals surface area contributed by atoms with E-state index in [0.29, 0.717) is 40.2 Å². The average molecular weight is 603 g/mol. The van der Waals surface area contributed by atoms with Crippen LogP contribution in [0, 0.1) is 29.6 Å². The molecule has 11 nitrogen and oxygen atoms in total. The van der Waals surface area contributed by atoms with E-state index in [4.69, 9.17) is 19.8 Å². The van der Waals surface area contributed by atoms with Crippen molar-refractivity contribution < 1.29 is 19.0 Å². The van der Waals surface area contributed by atoms with Gasteiger partial charge in [0.25, 0.3) is 0 Å². The molecule has 0 aromatic carbocycles. The summed E-state index contributed by atoms with van der Waals surface area (Å²) in [7, 11) is 1.57. The number of aromatic nitrogens is 5. The highest BCUT2D eigenvalue weighted by atomic mass is 19.1. The van der Waals surface area contributed by atoms with Gasteiger partial charge in [0.05, 0.1) is 49.7 Å². The van der Waals surface area contributed by atoms with Crippen LogP contribution in [0.3, 0.4) is 0 Å². The molecule has 0 bridgehead atoms. The van der Waals surface area contributed by atoms with Crippen molar-refractivity contribution in [1.82, 2.24) is 34.6 Å². The SMILES string of the molecule is CC.COc1cnn2cc(-c3nn4c(c3C)CN(C3CC5(CC(NC#N)C5)C3)CC4)cc(OC(CO)c3ccc(F)cn3)c12. The zero-order valence-electron chi connectivity index (χ0n) is 25.6. The van der Waals surface area contributed by atoms with E-state index in [9.17, 15) is 9.50 Å². The number of aliphatic hydroxyl groups is 1. The number of fused-ring (bicyclic) bond motifs is 2. The molecule has 7 rings (SSSR count). The summed E-state index contributed by atoms with van der Waals surface area (Å²) in [6, 6.07) is 5.61. The molecule has 2 N–H and O–H groups in total. The molecule has 3 aliphatic rings. The zero-order valence-corrected chi connectivity index (χ0v) is 25.6. The molecule has 44 heavy (non-hydrogen) atoms. The normalized spacial score (nSPS) is 23.0. The van der Waals surface area contributed by atoms with Crippen molar-refractivity contribution in [1.29, 1.82) is 5.26 Å². The van der Waals surface area contributed by atoms with Crippen LogP contribution in [0.2, 0.25) is 0 Å². The first-order chi connectivity index (χ1) is 21.4.